The van der Waals surface area contributed by atoms with E-state index in [1.807, 2.05) is 19.9 Å². The van der Waals surface area contributed by atoms with Crippen molar-refractivity contribution in [2.24, 2.45) is 5.92 Å². The summed E-state index contributed by atoms with van der Waals surface area (Å²) in [6, 6.07) is 3.39. The summed E-state index contributed by atoms with van der Waals surface area (Å²) in [7, 11) is -3.57. The first-order valence-corrected chi connectivity index (χ1v) is 8.51. The lowest BCUT2D eigenvalue weighted by Gasteiger charge is -2.18. The Morgan fingerprint density at radius 2 is 1.75 bits per heavy atom. The number of nitrogens with two attached hydrogens (primary N) is 1. The molecule has 0 radical (unpaired) electrons. The maximum Gasteiger partial charge on any atom is 0.243 e. The molecule has 1 aromatic carbocycles. The Balaban J connectivity index is 2.98. The highest BCUT2D eigenvalue weighted by Gasteiger charge is 2.23. The van der Waals surface area contributed by atoms with E-state index < -0.39 is 10.0 Å². The van der Waals surface area contributed by atoms with Crippen molar-refractivity contribution in [3.8, 4) is 0 Å². The Kier molecular flexibility index (Phi) is 5.59. The lowest BCUT2D eigenvalue weighted by Crippen LogP contribution is -2.33. The van der Waals surface area contributed by atoms with Crippen LogP contribution in [0.15, 0.2) is 17.0 Å². The number of hydrogen-bond donors (Lipinski definition) is 2. The molecule has 0 saturated carbocycles. The van der Waals surface area contributed by atoms with Gasteiger partial charge in [-0.1, -0.05) is 19.9 Å². The standard InChI is InChI=1S/C15H26N2O2S/c1-10(2)6-8-12(4)17-20(18,19)15-13(5)11(3)7-9-14(15)16/h7,9-10,12,17H,6,8,16H2,1-5H3. The quantitative estimate of drug-likeness (QED) is 0.793. The van der Waals surface area contributed by atoms with E-state index in [1.165, 1.54) is 0 Å². The van der Waals surface area contributed by atoms with Gasteiger partial charge in [-0.25, -0.2) is 13.1 Å². The van der Waals surface area contributed by atoms with Crippen LogP contribution in [-0.2, 0) is 10.0 Å². The van der Waals surface area contributed by atoms with E-state index in [0.29, 0.717) is 17.2 Å². The third-order valence-electron chi connectivity index (χ3n) is 3.51. The highest BCUT2D eigenvalue weighted by Crippen LogP contribution is 2.25. The molecule has 0 bridgehead atoms. The van der Waals surface area contributed by atoms with Gasteiger partial charge in [0.15, 0.2) is 0 Å². The minimum Gasteiger partial charge on any atom is -0.398 e. The van der Waals surface area contributed by atoms with Crippen LogP contribution in [-0.4, -0.2) is 14.5 Å². The molecule has 1 aromatic rings. The highest BCUT2D eigenvalue weighted by atomic mass is 32.2. The Morgan fingerprint density at radius 3 is 2.30 bits per heavy atom. The van der Waals surface area contributed by atoms with Crippen molar-refractivity contribution in [1.82, 2.24) is 4.72 Å². The number of nitrogen functional groups attached to an aromatic ring is 1. The largest absolute Gasteiger partial charge is 0.398 e. The van der Waals surface area contributed by atoms with Crippen LogP contribution in [0.3, 0.4) is 0 Å². The number of sulfonamides is 1. The first-order valence-electron chi connectivity index (χ1n) is 7.03. The molecule has 4 nitrogen and oxygen atoms in total. The first kappa shape index (κ1) is 17.0. The Hall–Kier alpha value is -1.07. The molecule has 0 amide bonds. The Bertz CT molecular complexity index is 565. The van der Waals surface area contributed by atoms with Crippen LogP contribution in [0.5, 0.6) is 0 Å². The molecule has 1 unspecified atom stereocenters. The fraction of sp³-hybridized carbons (Fsp3) is 0.600. The molecule has 1 atom stereocenters. The van der Waals surface area contributed by atoms with Crippen LogP contribution in [0.2, 0.25) is 0 Å². The van der Waals surface area contributed by atoms with Gasteiger partial charge < -0.3 is 5.73 Å². The average molecular weight is 298 g/mol. The van der Waals surface area contributed by atoms with Gasteiger partial charge in [-0.05, 0) is 56.7 Å². The third-order valence-corrected chi connectivity index (χ3v) is 5.30. The molecule has 114 valence electrons. The number of hydrogen-bond acceptors (Lipinski definition) is 3. The van der Waals surface area contributed by atoms with Crippen molar-refractivity contribution in [3.63, 3.8) is 0 Å². The van der Waals surface area contributed by atoms with Gasteiger partial charge in [-0.2, -0.15) is 0 Å². The van der Waals surface area contributed by atoms with E-state index in [0.717, 1.165) is 18.4 Å². The molecule has 0 aliphatic heterocycles. The predicted octanol–water partition coefficient (Wildman–Crippen LogP) is 2.99. The Labute approximate surface area is 122 Å². The minimum atomic E-state index is -3.57. The first-order chi connectivity index (χ1) is 9.15. The molecular weight excluding hydrogens is 272 g/mol. The van der Waals surface area contributed by atoms with Crippen LogP contribution in [0, 0.1) is 19.8 Å². The third kappa shape index (κ3) is 4.21. The summed E-state index contributed by atoms with van der Waals surface area (Å²) in [4.78, 5) is 0.217. The summed E-state index contributed by atoms with van der Waals surface area (Å²) in [5, 5.41) is 0. The fourth-order valence-corrected chi connectivity index (χ4v) is 3.84. The summed E-state index contributed by atoms with van der Waals surface area (Å²) in [5.41, 5.74) is 7.80. The van der Waals surface area contributed by atoms with Gasteiger partial charge in [0.05, 0.1) is 5.69 Å². The summed E-state index contributed by atoms with van der Waals surface area (Å²) in [5.74, 6) is 0.563. The van der Waals surface area contributed by atoms with E-state index in [-0.39, 0.29) is 10.9 Å². The lowest BCUT2D eigenvalue weighted by molar-refractivity contribution is 0.485. The zero-order valence-electron chi connectivity index (χ0n) is 13.0. The summed E-state index contributed by atoms with van der Waals surface area (Å²) < 4.78 is 27.7. The van der Waals surface area contributed by atoms with Crippen LogP contribution >= 0.6 is 0 Å². The average Bonchev–Trinajstić information content (AvgIpc) is 2.31. The normalized spacial score (nSPS) is 13.7. The van der Waals surface area contributed by atoms with Crippen molar-refractivity contribution >= 4 is 15.7 Å². The summed E-state index contributed by atoms with van der Waals surface area (Å²) >= 11 is 0. The zero-order chi connectivity index (χ0) is 15.5. The zero-order valence-corrected chi connectivity index (χ0v) is 13.8. The molecule has 0 fully saturated rings. The van der Waals surface area contributed by atoms with Crippen LogP contribution in [0.1, 0.15) is 44.7 Å². The van der Waals surface area contributed by atoms with Crippen LogP contribution in [0.4, 0.5) is 5.69 Å². The molecule has 0 spiro atoms. The SMILES string of the molecule is Cc1ccc(N)c(S(=O)(=O)NC(C)CCC(C)C)c1C. The van der Waals surface area contributed by atoms with Gasteiger partial charge in [-0.15, -0.1) is 0 Å². The highest BCUT2D eigenvalue weighted by molar-refractivity contribution is 7.89. The number of aryl methyl sites for hydroxylation is 1. The number of rotatable bonds is 6. The molecule has 20 heavy (non-hydrogen) atoms. The van der Waals surface area contributed by atoms with E-state index in [1.54, 1.807) is 13.0 Å². The van der Waals surface area contributed by atoms with E-state index >= 15 is 0 Å². The molecule has 0 heterocycles. The molecule has 5 heteroatoms. The maximum absolute atomic E-state index is 12.5. The molecule has 3 N–H and O–H groups in total. The molecule has 0 aliphatic rings. The predicted molar refractivity (Wildman–Crippen MR) is 84.2 cm³/mol. The number of nitrogens with one attached hydrogen (secondary N) is 1. The van der Waals surface area contributed by atoms with Gasteiger partial charge in [-0.3, -0.25) is 0 Å². The second-order valence-corrected chi connectivity index (χ2v) is 7.57. The van der Waals surface area contributed by atoms with Crippen molar-refractivity contribution < 1.29 is 8.42 Å². The summed E-state index contributed by atoms with van der Waals surface area (Å²) in [6.07, 6.45) is 1.81. The molecule has 1 rings (SSSR count). The van der Waals surface area contributed by atoms with Gasteiger partial charge >= 0.3 is 0 Å². The monoisotopic (exact) mass is 298 g/mol. The van der Waals surface area contributed by atoms with Crippen molar-refractivity contribution in [2.45, 2.75) is 58.4 Å². The van der Waals surface area contributed by atoms with Gasteiger partial charge in [0.2, 0.25) is 10.0 Å². The van der Waals surface area contributed by atoms with Crippen molar-refractivity contribution in [2.75, 3.05) is 5.73 Å². The molecule has 0 saturated heterocycles. The lowest BCUT2D eigenvalue weighted by atomic mass is 10.1. The van der Waals surface area contributed by atoms with Crippen molar-refractivity contribution in [3.05, 3.63) is 23.3 Å². The second-order valence-electron chi connectivity index (χ2n) is 5.92. The van der Waals surface area contributed by atoms with Gasteiger partial charge in [0, 0.05) is 6.04 Å². The fourth-order valence-electron chi connectivity index (χ4n) is 2.13. The van der Waals surface area contributed by atoms with Gasteiger partial charge in [0.25, 0.3) is 0 Å². The summed E-state index contributed by atoms with van der Waals surface area (Å²) in [6.45, 7) is 9.82. The van der Waals surface area contributed by atoms with Crippen LogP contribution in [0.25, 0.3) is 0 Å². The smallest absolute Gasteiger partial charge is 0.243 e. The van der Waals surface area contributed by atoms with Crippen molar-refractivity contribution in [1.29, 1.82) is 0 Å². The van der Waals surface area contributed by atoms with Gasteiger partial charge in [0.1, 0.15) is 4.90 Å². The molecule has 0 aliphatic carbocycles. The number of anilines is 1. The van der Waals surface area contributed by atoms with Crippen LogP contribution < -0.4 is 10.5 Å². The Morgan fingerprint density at radius 1 is 1.15 bits per heavy atom. The van der Waals surface area contributed by atoms with E-state index in [9.17, 15) is 8.42 Å². The van der Waals surface area contributed by atoms with E-state index in [4.69, 9.17) is 5.73 Å². The second kappa shape index (κ2) is 6.59. The minimum absolute atomic E-state index is 0.0956. The maximum atomic E-state index is 12.5. The molecule has 0 aromatic heterocycles. The number of benzene rings is 1. The van der Waals surface area contributed by atoms with E-state index in [2.05, 4.69) is 18.6 Å². The molecular formula is C15H26N2O2S. The topological polar surface area (TPSA) is 72.2 Å².